The summed E-state index contributed by atoms with van der Waals surface area (Å²) in [5.41, 5.74) is 4.26. The number of hydrogen-bond acceptors (Lipinski definition) is 3. The summed E-state index contributed by atoms with van der Waals surface area (Å²) in [5, 5.41) is 18.5. The monoisotopic (exact) mass is 454 g/mol. The van der Waals surface area contributed by atoms with Crippen LogP contribution >= 0.6 is 11.6 Å². The zero-order valence-corrected chi connectivity index (χ0v) is 19.4. The van der Waals surface area contributed by atoms with Crippen molar-refractivity contribution in [2.75, 3.05) is 0 Å². The summed E-state index contributed by atoms with van der Waals surface area (Å²) < 4.78 is 1.96. The molecule has 5 heteroatoms. The Morgan fingerprint density at radius 2 is 1.73 bits per heavy atom. The maximum atomic E-state index is 9.45. The fourth-order valence-corrected chi connectivity index (χ4v) is 4.39. The predicted octanol–water partition coefficient (Wildman–Crippen LogP) is 6.15. The molecule has 0 fully saturated rings. The average molecular weight is 455 g/mol. The minimum Gasteiger partial charge on any atom is -0.305 e. The lowest BCUT2D eigenvalue weighted by molar-refractivity contribution is 0.359. The van der Waals surface area contributed by atoms with Crippen LogP contribution in [0.15, 0.2) is 97.3 Å². The quantitative estimate of drug-likeness (QED) is 0.329. The highest BCUT2D eigenvalue weighted by atomic mass is 35.5. The largest absolute Gasteiger partial charge is 0.305 e. The Labute approximate surface area is 200 Å². The van der Waals surface area contributed by atoms with Crippen LogP contribution in [0, 0.1) is 11.3 Å². The van der Waals surface area contributed by atoms with E-state index in [0.717, 1.165) is 23.6 Å². The number of nitrogens with one attached hydrogen (secondary N) is 1. The number of halogens is 1. The Morgan fingerprint density at radius 3 is 2.42 bits per heavy atom. The van der Waals surface area contributed by atoms with Crippen LogP contribution in [0.2, 0.25) is 5.02 Å². The maximum Gasteiger partial charge on any atom is 0.0991 e. The van der Waals surface area contributed by atoms with Gasteiger partial charge in [-0.1, -0.05) is 66.2 Å². The fraction of sp³-hybridized carbons (Fsp3) is 0.214. The Bertz CT molecular complexity index is 1180. The number of benzene rings is 3. The second-order valence-electron chi connectivity index (χ2n) is 8.32. The molecule has 0 aliphatic carbocycles. The van der Waals surface area contributed by atoms with Crippen LogP contribution in [-0.2, 0) is 13.0 Å². The number of nitrogens with zero attached hydrogens (tertiary/aromatic N) is 3. The molecule has 0 amide bonds. The van der Waals surface area contributed by atoms with Crippen molar-refractivity contribution in [1.29, 1.82) is 5.26 Å². The molecule has 4 rings (SSSR count). The fourth-order valence-electron chi connectivity index (χ4n) is 4.27. The molecule has 1 heterocycles. The minimum atomic E-state index is 0.0907. The Kier molecular flexibility index (Phi) is 7.57. The van der Waals surface area contributed by atoms with Crippen molar-refractivity contribution in [2.45, 2.75) is 37.9 Å². The first-order valence-corrected chi connectivity index (χ1v) is 11.5. The van der Waals surface area contributed by atoms with Gasteiger partial charge in [0.1, 0.15) is 0 Å². The summed E-state index contributed by atoms with van der Waals surface area (Å²) in [6.45, 7) is 2.95. The molecule has 3 atom stereocenters. The zero-order valence-electron chi connectivity index (χ0n) is 18.6. The van der Waals surface area contributed by atoms with E-state index in [2.05, 4.69) is 65.9 Å². The molecule has 0 aliphatic rings. The van der Waals surface area contributed by atoms with Gasteiger partial charge in [0, 0.05) is 29.4 Å². The first-order valence-electron chi connectivity index (χ1n) is 11.2. The van der Waals surface area contributed by atoms with E-state index in [1.165, 1.54) is 11.1 Å². The van der Waals surface area contributed by atoms with E-state index in [1.54, 1.807) is 0 Å². The van der Waals surface area contributed by atoms with Crippen LogP contribution in [-0.4, -0.2) is 15.8 Å². The van der Waals surface area contributed by atoms with Crippen molar-refractivity contribution in [3.63, 3.8) is 0 Å². The van der Waals surface area contributed by atoms with Crippen molar-refractivity contribution in [3.8, 4) is 6.07 Å². The third-order valence-corrected chi connectivity index (χ3v) is 6.26. The molecule has 0 spiro atoms. The Balaban J connectivity index is 1.63. The molecule has 1 N–H and O–H groups in total. The predicted molar refractivity (Wildman–Crippen MR) is 133 cm³/mol. The highest BCUT2D eigenvalue weighted by Gasteiger charge is 2.24. The molecule has 0 saturated carbocycles. The van der Waals surface area contributed by atoms with E-state index in [0.29, 0.717) is 5.56 Å². The van der Waals surface area contributed by atoms with Gasteiger partial charge in [-0.25, -0.2) is 0 Å². The van der Waals surface area contributed by atoms with Crippen LogP contribution in [0.3, 0.4) is 0 Å². The van der Waals surface area contributed by atoms with Gasteiger partial charge in [-0.15, -0.1) is 0 Å². The lowest BCUT2D eigenvalue weighted by Gasteiger charge is -2.30. The minimum absolute atomic E-state index is 0.0907. The summed E-state index contributed by atoms with van der Waals surface area (Å²) in [6.07, 6.45) is 4.63. The number of rotatable bonds is 9. The SMILES string of the molecule is C[C@H](NC(Cn1cccn1)c1ccccc1)[C@@H](Cc1ccc(Cl)cc1)c1cccc(C#N)c1. The van der Waals surface area contributed by atoms with Gasteiger partial charge in [-0.05, 0) is 60.4 Å². The van der Waals surface area contributed by atoms with Gasteiger partial charge in [0.2, 0.25) is 0 Å². The lowest BCUT2D eigenvalue weighted by Crippen LogP contribution is -2.38. The summed E-state index contributed by atoms with van der Waals surface area (Å²) >= 11 is 6.12. The van der Waals surface area contributed by atoms with Crippen LogP contribution in [0.5, 0.6) is 0 Å². The summed E-state index contributed by atoms with van der Waals surface area (Å²) in [4.78, 5) is 0. The maximum absolute atomic E-state index is 9.45. The van der Waals surface area contributed by atoms with Gasteiger partial charge in [-0.2, -0.15) is 10.4 Å². The smallest absolute Gasteiger partial charge is 0.0991 e. The van der Waals surface area contributed by atoms with Crippen molar-refractivity contribution >= 4 is 11.6 Å². The lowest BCUT2D eigenvalue weighted by atomic mass is 9.85. The van der Waals surface area contributed by atoms with E-state index in [-0.39, 0.29) is 18.0 Å². The molecular weight excluding hydrogens is 428 g/mol. The third-order valence-electron chi connectivity index (χ3n) is 6.01. The van der Waals surface area contributed by atoms with E-state index in [4.69, 9.17) is 11.6 Å². The summed E-state index contributed by atoms with van der Waals surface area (Å²) in [6, 6.07) is 30.9. The third kappa shape index (κ3) is 6.10. The highest BCUT2D eigenvalue weighted by molar-refractivity contribution is 6.30. The normalized spacial score (nSPS) is 13.7. The van der Waals surface area contributed by atoms with Crippen LogP contribution < -0.4 is 5.32 Å². The molecule has 0 radical (unpaired) electrons. The van der Waals surface area contributed by atoms with E-state index >= 15 is 0 Å². The first-order chi connectivity index (χ1) is 16.1. The summed E-state index contributed by atoms with van der Waals surface area (Å²) in [7, 11) is 0. The van der Waals surface area contributed by atoms with Crippen LogP contribution in [0.1, 0.15) is 41.1 Å². The van der Waals surface area contributed by atoms with Gasteiger partial charge in [-0.3, -0.25) is 4.68 Å². The standard InChI is InChI=1S/C28H27ClN4/c1-21(32-28(20-33-16-6-15-31-33)24-8-3-2-4-9-24)27(18-22-11-13-26(29)14-12-22)25-10-5-7-23(17-25)19-30/h2-17,21,27-28,32H,18,20H2,1H3/t21-,27+,28?/m0/s1. The molecule has 4 aromatic rings. The molecule has 166 valence electrons. The molecule has 1 unspecified atom stereocenters. The molecule has 0 aliphatic heterocycles. The average Bonchev–Trinajstić information content (AvgIpc) is 3.37. The molecule has 0 saturated heterocycles. The summed E-state index contributed by atoms with van der Waals surface area (Å²) in [5.74, 6) is 0.170. The van der Waals surface area contributed by atoms with Crippen LogP contribution in [0.4, 0.5) is 0 Å². The van der Waals surface area contributed by atoms with Crippen molar-refractivity contribution in [1.82, 2.24) is 15.1 Å². The molecule has 4 nitrogen and oxygen atoms in total. The van der Waals surface area contributed by atoms with Gasteiger partial charge >= 0.3 is 0 Å². The Morgan fingerprint density at radius 1 is 0.970 bits per heavy atom. The molecule has 3 aromatic carbocycles. The number of aromatic nitrogens is 2. The molecule has 0 bridgehead atoms. The highest BCUT2D eigenvalue weighted by Crippen LogP contribution is 2.28. The second kappa shape index (κ2) is 11.0. The van der Waals surface area contributed by atoms with Gasteiger partial charge < -0.3 is 5.32 Å². The van der Waals surface area contributed by atoms with Crippen LogP contribution in [0.25, 0.3) is 0 Å². The topological polar surface area (TPSA) is 53.6 Å². The number of nitriles is 1. The van der Waals surface area contributed by atoms with Crippen molar-refractivity contribution < 1.29 is 0 Å². The zero-order chi connectivity index (χ0) is 23.0. The molecule has 33 heavy (non-hydrogen) atoms. The Hall–Kier alpha value is -3.39. The number of hydrogen-bond donors (Lipinski definition) is 1. The van der Waals surface area contributed by atoms with Gasteiger partial charge in [0.05, 0.1) is 24.2 Å². The van der Waals surface area contributed by atoms with E-state index < -0.39 is 0 Å². The van der Waals surface area contributed by atoms with Crippen molar-refractivity contribution in [3.05, 3.63) is 125 Å². The van der Waals surface area contributed by atoms with E-state index in [9.17, 15) is 5.26 Å². The van der Waals surface area contributed by atoms with Crippen molar-refractivity contribution in [2.24, 2.45) is 0 Å². The van der Waals surface area contributed by atoms with E-state index in [1.807, 2.05) is 59.5 Å². The molecular formula is C28H27ClN4. The second-order valence-corrected chi connectivity index (χ2v) is 8.76. The molecule has 1 aromatic heterocycles. The van der Waals surface area contributed by atoms with Gasteiger partial charge in [0.15, 0.2) is 0 Å². The van der Waals surface area contributed by atoms with Gasteiger partial charge in [0.25, 0.3) is 0 Å². The first kappa shape index (κ1) is 22.8.